The van der Waals surface area contributed by atoms with Gasteiger partial charge in [-0.2, -0.15) is 13.2 Å². The Morgan fingerprint density at radius 1 is 1.35 bits per heavy atom. The van der Waals surface area contributed by atoms with Crippen LogP contribution in [0.2, 0.25) is 0 Å². The summed E-state index contributed by atoms with van der Waals surface area (Å²) < 4.78 is 41.1. The van der Waals surface area contributed by atoms with E-state index >= 15 is 0 Å². The number of halogens is 4. The standard InChI is InChI=1S/C15H21F3N2O2.ClH/c1-9(2)6-12(19)14(21)20-11-4-5-13(10(3)7-11)22-8-15(16,17)18;/h4-5,7,9,12H,6,8,19H2,1-3H3,(H,20,21);1H/t12-;/m0./s1. The smallest absolute Gasteiger partial charge is 0.422 e. The minimum atomic E-state index is -4.39. The Bertz CT molecular complexity index is 522. The zero-order valence-electron chi connectivity index (χ0n) is 13.2. The Kier molecular flexibility index (Phi) is 8.41. The summed E-state index contributed by atoms with van der Waals surface area (Å²) in [6, 6.07) is 3.80. The molecule has 0 fully saturated rings. The molecular formula is C15H22ClF3N2O2. The third kappa shape index (κ3) is 8.08. The van der Waals surface area contributed by atoms with Crippen molar-refractivity contribution >= 4 is 24.0 Å². The van der Waals surface area contributed by atoms with Crippen molar-refractivity contribution in [2.75, 3.05) is 11.9 Å². The van der Waals surface area contributed by atoms with E-state index in [0.717, 1.165) is 0 Å². The number of nitrogens with one attached hydrogen (secondary N) is 1. The number of amides is 1. The number of carbonyl (C=O) groups is 1. The number of alkyl halides is 3. The minimum absolute atomic E-state index is 0. The lowest BCUT2D eigenvalue weighted by Crippen LogP contribution is -2.36. The van der Waals surface area contributed by atoms with Gasteiger partial charge >= 0.3 is 6.18 Å². The molecule has 0 aliphatic rings. The van der Waals surface area contributed by atoms with Crippen LogP contribution in [0.4, 0.5) is 18.9 Å². The number of benzene rings is 1. The second-order valence-electron chi connectivity index (χ2n) is 5.61. The summed E-state index contributed by atoms with van der Waals surface area (Å²) in [7, 11) is 0. The highest BCUT2D eigenvalue weighted by atomic mass is 35.5. The van der Waals surface area contributed by atoms with Gasteiger partial charge in [0.2, 0.25) is 5.91 Å². The van der Waals surface area contributed by atoms with E-state index in [9.17, 15) is 18.0 Å². The lowest BCUT2D eigenvalue weighted by Gasteiger charge is -2.16. The monoisotopic (exact) mass is 354 g/mol. The summed E-state index contributed by atoms with van der Waals surface area (Å²) >= 11 is 0. The van der Waals surface area contributed by atoms with Gasteiger partial charge in [-0.05, 0) is 43.0 Å². The Balaban J connectivity index is 0.00000484. The maximum atomic E-state index is 12.1. The molecule has 0 saturated heterocycles. The summed E-state index contributed by atoms with van der Waals surface area (Å²) in [4.78, 5) is 11.9. The van der Waals surface area contributed by atoms with Crippen LogP contribution in [0.1, 0.15) is 25.8 Å². The zero-order valence-corrected chi connectivity index (χ0v) is 14.1. The number of nitrogens with two attached hydrogens (primary N) is 1. The fourth-order valence-corrected chi connectivity index (χ4v) is 1.90. The number of hydrogen-bond donors (Lipinski definition) is 2. The van der Waals surface area contributed by atoms with Crippen LogP contribution in [0, 0.1) is 12.8 Å². The molecule has 0 aliphatic heterocycles. The summed E-state index contributed by atoms with van der Waals surface area (Å²) in [5.41, 5.74) is 6.74. The van der Waals surface area contributed by atoms with Crippen molar-refractivity contribution in [3.05, 3.63) is 23.8 Å². The van der Waals surface area contributed by atoms with Crippen molar-refractivity contribution in [1.82, 2.24) is 0 Å². The highest BCUT2D eigenvalue weighted by Gasteiger charge is 2.28. The first-order chi connectivity index (χ1) is 10.1. The molecule has 0 radical (unpaired) electrons. The predicted octanol–water partition coefficient (Wildman–Crippen LogP) is 3.67. The molecule has 0 saturated carbocycles. The Morgan fingerprint density at radius 2 is 1.96 bits per heavy atom. The van der Waals surface area contributed by atoms with Crippen molar-refractivity contribution < 1.29 is 22.7 Å². The summed E-state index contributed by atoms with van der Waals surface area (Å²) in [5.74, 6) is 0.0968. The third-order valence-electron chi connectivity index (χ3n) is 2.90. The van der Waals surface area contributed by atoms with Crippen LogP contribution in [-0.4, -0.2) is 24.7 Å². The van der Waals surface area contributed by atoms with Crippen LogP contribution < -0.4 is 15.8 Å². The second kappa shape index (κ2) is 8.98. The molecule has 8 heteroatoms. The van der Waals surface area contributed by atoms with E-state index in [4.69, 9.17) is 10.5 Å². The van der Waals surface area contributed by atoms with Crippen molar-refractivity contribution in [3.63, 3.8) is 0 Å². The van der Waals surface area contributed by atoms with Gasteiger partial charge < -0.3 is 15.8 Å². The highest BCUT2D eigenvalue weighted by molar-refractivity contribution is 5.94. The Labute approximate surface area is 140 Å². The van der Waals surface area contributed by atoms with E-state index in [1.165, 1.54) is 12.1 Å². The van der Waals surface area contributed by atoms with Crippen molar-refractivity contribution in [2.24, 2.45) is 11.7 Å². The molecule has 1 rings (SSSR count). The van der Waals surface area contributed by atoms with Gasteiger partial charge in [-0.25, -0.2) is 0 Å². The van der Waals surface area contributed by atoms with Gasteiger partial charge in [-0.1, -0.05) is 13.8 Å². The number of aryl methyl sites for hydroxylation is 1. The van der Waals surface area contributed by atoms with E-state index in [1.54, 1.807) is 13.0 Å². The number of rotatable bonds is 6. The van der Waals surface area contributed by atoms with E-state index in [0.29, 0.717) is 23.6 Å². The summed E-state index contributed by atoms with van der Waals surface area (Å²) in [6.45, 7) is 4.18. The first-order valence-electron chi connectivity index (χ1n) is 6.95. The molecule has 0 aliphatic carbocycles. The predicted molar refractivity (Wildman–Crippen MR) is 86.0 cm³/mol. The van der Waals surface area contributed by atoms with Crippen molar-refractivity contribution in [2.45, 2.75) is 39.4 Å². The fourth-order valence-electron chi connectivity index (χ4n) is 1.90. The molecule has 132 valence electrons. The molecule has 0 bridgehead atoms. The molecule has 0 aromatic heterocycles. The normalized spacial score (nSPS) is 12.5. The molecule has 23 heavy (non-hydrogen) atoms. The average Bonchev–Trinajstić information content (AvgIpc) is 2.35. The molecule has 1 atom stereocenters. The van der Waals surface area contributed by atoms with Crippen LogP contribution in [0.25, 0.3) is 0 Å². The number of anilines is 1. The fraction of sp³-hybridized carbons (Fsp3) is 0.533. The zero-order chi connectivity index (χ0) is 16.9. The van der Waals surface area contributed by atoms with E-state index in [2.05, 4.69) is 5.32 Å². The van der Waals surface area contributed by atoms with Crippen LogP contribution in [0.15, 0.2) is 18.2 Å². The van der Waals surface area contributed by atoms with Gasteiger partial charge in [0.15, 0.2) is 6.61 Å². The molecule has 1 aromatic carbocycles. The highest BCUT2D eigenvalue weighted by Crippen LogP contribution is 2.24. The Hall–Kier alpha value is -1.47. The average molecular weight is 355 g/mol. The first kappa shape index (κ1) is 21.5. The molecule has 3 N–H and O–H groups in total. The quantitative estimate of drug-likeness (QED) is 0.819. The third-order valence-corrected chi connectivity index (χ3v) is 2.90. The molecular weight excluding hydrogens is 333 g/mol. The molecule has 0 heterocycles. The molecule has 4 nitrogen and oxygen atoms in total. The molecule has 1 amide bonds. The van der Waals surface area contributed by atoms with Crippen molar-refractivity contribution in [3.8, 4) is 5.75 Å². The van der Waals surface area contributed by atoms with Gasteiger partial charge in [0.25, 0.3) is 0 Å². The molecule has 0 unspecified atom stereocenters. The van der Waals surface area contributed by atoms with Gasteiger partial charge in [-0.15, -0.1) is 12.4 Å². The van der Waals surface area contributed by atoms with Gasteiger partial charge in [0.05, 0.1) is 6.04 Å². The maximum absolute atomic E-state index is 12.1. The van der Waals surface area contributed by atoms with Crippen LogP contribution in [0.5, 0.6) is 5.75 Å². The summed E-state index contributed by atoms with van der Waals surface area (Å²) in [5, 5.41) is 2.65. The SMILES string of the molecule is Cc1cc(NC(=O)[C@@H](N)CC(C)C)ccc1OCC(F)(F)F.Cl. The molecule has 1 aromatic rings. The van der Waals surface area contributed by atoms with Gasteiger partial charge in [-0.3, -0.25) is 4.79 Å². The Morgan fingerprint density at radius 3 is 2.43 bits per heavy atom. The molecule has 0 spiro atoms. The van der Waals surface area contributed by atoms with Crippen LogP contribution in [-0.2, 0) is 4.79 Å². The second-order valence-corrected chi connectivity index (χ2v) is 5.61. The lowest BCUT2D eigenvalue weighted by atomic mass is 10.0. The van der Waals surface area contributed by atoms with Crippen molar-refractivity contribution in [1.29, 1.82) is 0 Å². The van der Waals surface area contributed by atoms with Gasteiger partial charge in [0.1, 0.15) is 5.75 Å². The number of carbonyl (C=O) groups excluding carboxylic acids is 1. The largest absolute Gasteiger partial charge is 0.484 e. The lowest BCUT2D eigenvalue weighted by molar-refractivity contribution is -0.153. The van der Waals surface area contributed by atoms with E-state index in [-0.39, 0.29) is 24.1 Å². The van der Waals surface area contributed by atoms with Gasteiger partial charge in [0, 0.05) is 5.69 Å². The van der Waals surface area contributed by atoms with E-state index < -0.39 is 18.8 Å². The number of hydrogen-bond acceptors (Lipinski definition) is 3. The summed E-state index contributed by atoms with van der Waals surface area (Å²) in [6.07, 6.45) is -3.83. The maximum Gasteiger partial charge on any atom is 0.422 e. The van der Waals surface area contributed by atoms with Crippen LogP contribution in [0.3, 0.4) is 0 Å². The minimum Gasteiger partial charge on any atom is -0.484 e. The van der Waals surface area contributed by atoms with Crippen LogP contribution >= 0.6 is 12.4 Å². The van der Waals surface area contributed by atoms with E-state index in [1.807, 2.05) is 13.8 Å². The number of ether oxygens (including phenoxy) is 1. The first-order valence-corrected chi connectivity index (χ1v) is 6.95. The topological polar surface area (TPSA) is 64.4 Å².